The Morgan fingerprint density at radius 1 is 1.32 bits per heavy atom. The highest BCUT2D eigenvalue weighted by molar-refractivity contribution is 14.0. The minimum absolute atomic E-state index is 0. The first-order chi connectivity index (χ1) is 8.59. The van der Waals surface area contributed by atoms with Crippen LogP contribution in [0.2, 0.25) is 0 Å². The van der Waals surface area contributed by atoms with E-state index in [-0.39, 0.29) is 35.9 Å². The minimum Gasteiger partial charge on any atom is -0.370 e. The molecule has 106 valence electrons. The predicted octanol–water partition coefficient (Wildman–Crippen LogP) is 1.35. The van der Waals surface area contributed by atoms with Crippen molar-refractivity contribution in [3.05, 3.63) is 35.9 Å². The number of nitrogens with two attached hydrogens (primary N) is 1. The Kier molecular flexibility index (Phi) is 8.94. The molecule has 0 spiro atoms. The number of amides is 1. The Labute approximate surface area is 131 Å². The number of halogens is 1. The summed E-state index contributed by atoms with van der Waals surface area (Å²) in [6.07, 6.45) is 0. The highest BCUT2D eigenvalue weighted by atomic mass is 127. The van der Waals surface area contributed by atoms with Crippen LogP contribution in [-0.2, 0) is 0 Å². The lowest BCUT2D eigenvalue weighted by Gasteiger charge is -2.08. The van der Waals surface area contributed by atoms with Gasteiger partial charge in [-0.05, 0) is 26.0 Å². The van der Waals surface area contributed by atoms with E-state index in [2.05, 4.69) is 15.6 Å². The van der Waals surface area contributed by atoms with Gasteiger partial charge in [0, 0.05) is 18.2 Å². The van der Waals surface area contributed by atoms with Crippen LogP contribution in [0, 0.1) is 0 Å². The van der Waals surface area contributed by atoms with Crippen LogP contribution in [0.3, 0.4) is 0 Å². The van der Waals surface area contributed by atoms with Crippen LogP contribution in [0.15, 0.2) is 35.3 Å². The third-order valence-electron chi connectivity index (χ3n) is 2.15. The molecule has 0 aromatic heterocycles. The van der Waals surface area contributed by atoms with Crippen molar-refractivity contribution >= 4 is 35.8 Å². The zero-order chi connectivity index (χ0) is 13.4. The van der Waals surface area contributed by atoms with Gasteiger partial charge >= 0.3 is 0 Å². The highest BCUT2D eigenvalue weighted by Crippen LogP contribution is 1.97. The van der Waals surface area contributed by atoms with E-state index < -0.39 is 0 Å². The monoisotopic (exact) mass is 376 g/mol. The SMILES string of the molecule is CC(C)NC(N)=NCCNC(=O)c1ccccc1.I. The zero-order valence-corrected chi connectivity index (χ0v) is 13.5. The summed E-state index contributed by atoms with van der Waals surface area (Å²) < 4.78 is 0. The molecule has 0 saturated carbocycles. The predicted molar refractivity (Wildman–Crippen MR) is 89.0 cm³/mol. The fourth-order valence-electron chi connectivity index (χ4n) is 1.38. The van der Waals surface area contributed by atoms with Crippen molar-refractivity contribution in [3.63, 3.8) is 0 Å². The van der Waals surface area contributed by atoms with E-state index in [1.165, 1.54) is 0 Å². The first-order valence-electron chi connectivity index (χ1n) is 5.99. The Balaban J connectivity index is 0.00000324. The summed E-state index contributed by atoms with van der Waals surface area (Å²) in [7, 11) is 0. The third kappa shape index (κ3) is 7.66. The van der Waals surface area contributed by atoms with Gasteiger partial charge in [-0.25, -0.2) is 0 Å². The lowest BCUT2D eigenvalue weighted by molar-refractivity contribution is 0.0955. The van der Waals surface area contributed by atoms with Crippen LogP contribution in [-0.4, -0.2) is 31.0 Å². The zero-order valence-electron chi connectivity index (χ0n) is 11.2. The van der Waals surface area contributed by atoms with Crippen molar-refractivity contribution in [2.24, 2.45) is 10.7 Å². The van der Waals surface area contributed by atoms with Gasteiger partial charge in [-0.3, -0.25) is 9.79 Å². The van der Waals surface area contributed by atoms with Crippen molar-refractivity contribution in [3.8, 4) is 0 Å². The summed E-state index contributed by atoms with van der Waals surface area (Å²) in [6.45, 7) is 4.90. The van der Waals surface area contributed by atoms with Crippen molar-refractivity contribution in [2.75, 3.05) is 13.1 Å². The smallest absolute Gasteiger partial charge is 0.251 e. The van der Waals surface area contributed by atoms with Crippen LogP contribution in [0.4, 0.5) is 0 Å². The third-order valence-corrected chi connectivity index (χ3v) is 2.15. The second-order valence-corrected chi connectivity index (χ2v) is 4.19. The molecule has 1 rings (SSSR count). The fraction of sp³-hybridized carbons (Fsp3) is 0.385. The summed E-state index contributed by atoms with van der Waals surface area (Å²) in [5.74, 6) is 0.306. The van der Waals surface area contributed by atoms with Crippen molar-refractivity contribution in [2.45, 2.75) is 19.9 Å². The summed E-state index contributed by atoms with van der Waals surface area (Å²) >= 11 is 0. The normalized spacial score (nSPS) is 10.8. The first kappa shape index (κ1) is 17.7. The standard InChI is InChI=1S/C13H20N4O.HI/c1-10(2)17-13(14)16-9-8-15-12(18)11-6-4-3-5-7-11;/h3-7,10H,8-9H2,1-2H3,(H,15,18)(H3,14,16,17);1H. The van der Waals surface area contributed by atoms with Crippen LogP contribution in [0.1, 0.15) is 24.2 Å². The van der Waals surface area contributed by atoms with E-state index in [0.29, 0.717) is 24.6 Å². The molecule has 0 atom stereocenters. The maximum Gasteiger partial charge on any atom is 0.251 e. The molecule has 6 heteroatoms. The molecular formula is C13H21IN4O. The average molecular weight is 376 g/mol. The Hall–Kier alpha value is -1.31. The molecule has 4 N–H and O–H groups in total. The van der Waals surface area contributed by atoms with Crippen LogP contribution >= 0.6 is 24.0 Å². The molecule has 1 aromatic carbocycles. The number of nitrogens with zero attached hydrogens (tertiary/aromatic N) is 1. The number of hydrogen-bond donors (Lipinski definition) is 3. The van der Waals surface area contributed by atoms with Gasteiger partial charge in [0.2, 0.25) is 0 Å². The van der Waals surface area contributed by atoms with Gasteiger partial charge in [0.1, 0.15) is 0 Å². The number of aliphatic imine (C=N–C) groups is 1. The molecule has 1 aromatic rings. The molecular weight excluding hydrogens is 355 g/mol. The summed E-state index contributed by atoms with van der Waals surface area (Å²) in [5, 5.41) is 5.76. The molecule has 0 fully saturated rings. The average Bonchev–Trinajstić information content (AvgIpc) is 2.34. The summed E-state index contributed by atoms with van der Waals surface area (Å²) in [5.41, 5.74) is 6.28. The molecule has 5 nitrogen and oxygen atoms in total. The maximum absolute atomic E-state index is 11.7. The summed E-state index contributed by atoms with van der Waals surface area (Å²) in [6, 6.07) is 9.34. The molecule has 1 amide bonds. The van der Waals surface area contributed by atoms with E-state index in [1.807, 2.05) is 32.0 Å². The van der Waals surface area contributed by atoms with Gasteiger partial charge < -0.3 is 16.4 Å². The first-order valence-corrected chi connectivity index (χ1v) is 5.99. The number of nitrogens with one attached hydrogen (secondary N) is 2. The molecule has 19 heavy (non-hydrogen) atoms. The van der Waals surface area contributed by atoms with Crippen molar-refractivity contribution in [1.82, 2.24) is 10.6 Å². The van der Waals surface area contributed by atoms with E-state index in [9.17, 15) is 4.79 Å². The molecule has 0 heterocycles. The number of benzene rings is 1. The molecule has 0 aliphatic rings. The summed E-state index contributed by atoms with van der Waals surface area (Å²) in [4.78, 5) is 15.8. The van der Waals surface area contributed by atoms with Gasteiger partial charge in [-0.2, -0.15) is 0 Å². The molecule has 0 radical (unpaired) electrons. The molecule has 0 aliphatic heterocycles. The second-order valence-electron chi connectivity index (χ2n) is 4.19. The number of guanidine groups is 1. The van der Waals surface area contributed by atoms with Gasteiger partial charge in [0.05, 0.1) is 6.54 Å². The van der Waals surface area contributed by atoms with Gasteiger partial charge in [-0.1, -0.05) is 18.2 Å². The molecule has 0 aliphatic carbocycles. The highest BCUT2D eigenvalue weighted by Gasteiger charge is 2.02. The molecule has 0 bridgehead atoms. The van der Waals surface area contributed by atoms with E-state index in [0.717, 1.165) is 0 Å². The Bertz CT molecular complexity index is 406. The van der Waals surface area contributed by atoms with E-state index >= 15 is 0 Å². The number of carbonyl (C=O) groups excluding carboxylic acids is 1. The lowest BCUT2D eigenvalue weighted by Crippen LogP contribution is -2.37. The van der Waals surface area contributed by atoms with Gasteiger partial charge in [-0.15, -0.1) is 24.0 Å². The topological polar surface area (TPSA) is 79.5 Å². The van der Waals surface area contributed by atoms with Crippen LogP contribution in [0.25, 0.3) is 0 Å². The fourth-order valence-corrected chi connectivity index (χ4v) is 1.38. The minimum atomic E-state index is -0.0961. The Morgan fingerprint density at radius 3 is 2.53 bits per heavy atom. The Morgan fingerprint density at radius 2 is 1.95 bits per heavy atom. The van der Waals surface area contributed by atoms with Gasteiger partial charge in [0.15, 0.2) is 5.96 Å². The number of rotatable bonds is 5. The van der Waals surface area contributed by atoms with Gasteiger partial charge in [0.25, 0.3) is 5.91 Å². The van der Waals surface area contributed by atoms with E-state index in [4.69, 9.17) is 5.73 Å². The molecule has 0 unspecified atom stereocenters. The lowest BCUT2D eigenvalue weighted by atomic mass is 10.2. The van der Waals surface area contributed by atoms with Crippen molar-refractivity contribution in [1.29, 1.82) is 0 Å². The quantitative estimate of drug-likeness (QED) is 0.314. The number of carbonyl (C=O) groups is 1. The largest absolute Gasteiger partial charge is 0.370 e. The van der Waals surface area contributed by atoms with E-state index in [1.54, 1.807) is 12.1 Å². The van der Waals surface area contributed by atoms with Crippen molar-refractivity contribution < 1.29 is 4.79 Å². The number of hydrogen-bond acceptors (Lipinski definition) is 2. The van der Waals surface area contributed by atoms with Crippen LogP contribution in [0.5, 0.6) is 0 Å². The second kappa shape index (κ2) is 9.60. The van der Waals surface area contributed by atoms with Crippen LogP contribution < -0.4 is 16.4 Å². The maximum atomic E-state index is 11.7. The molecule has 0 saturated heterocycles.